The molecule has 2 aromatic heterocycles. The van der Waals surface area contributed by atoms with Crippen molar-refractivity contribution in [1.82, 2.24) is 19.5 Å². The van der Waals surface area contributed by atoms with Crippen molar-refractivity contribution >= 4 is 5.65 Å². The maximum absolute atomic E-state index is 5.67. The molecule has 3 rings (SSSR count). The lowest BCUT2D eigenvalue weighted by atomic mass is 10.1. The third-order valence-corrected chi connectivity index (χ3v) is 4.19. The van der Waals surface area contributed by atoms with Crippen LogP contribution in [-0.2, 0) is 13.0 Å². The van der Waals surface area contributed by atoms with Gasteiger partial charge in [0.2, 0.25) is 0 Å². The Kier molecular flexibility index (Phi) is 3.72. The molecule has 1 aliphatic rings. The van der Waals surface area contributed by atoms with E-state index in [0.717, 1.165) is 23.5 Å². The van der Waals surface area contributed by atoms with Crippen LogP contribution in [0, 0.1) is 0 Å². The van der Waals surface area contributed by atoms with E-state index >= 15 is 0 Å². The van der Waals surface area contributed by atoms with Crippen molar-refractivity contribution in [2.75, 3.05) is 6.54 Å². The fourth-order valence-electron chi connectivity index (χ4n) is 3.15. The van der Waals surface area contributed by atoms with Gasteiger partial charge in [-0.2, -0.15) is 5.10 Å². The maximum Gasteiger partial charge on any atom is 0.155 e. The van der Waals surface area contributed by atoms with Crippen LogP contribution < -0.4 is 5.73 Å². The number of hydrogen-bond acceptors (Lipinski definition) is 4. The number of hydrogen-bond donors (Lipinski definition) is 1. The fraction of sp³-hybridized carbons (Fsp3) is 0.600. The summed E-state index contributed by atoms with van der Waals surface area (Å²) in [7, 11) is 0. The van der Waals surface area contributed by atoms with Crippen molar-refractivity contribution in [3.8, 4) is 0 Å². The average molecular weight is 273 g/mol. The van der Waals surface area contributed by atoms with Gasteiger partial charge in [-0.05, 0) is 50.9 Å². The summed E-state index contributed by atoms with van der Waals surface area (Å²) in [6.07, 6.45) is 5.43. The summed E-state index contributed by atoms with van der Waals surface area (Å²) in [5.41, 5.74) is 7.67. The van der Waals surface area contributed by atoms with Gasteiger partial charge in [0.15, 0.2) is 11.5 Å². The summed E-state index contributed by atoms with van der Waals surface area (Å²) < 4.78 is 1.85. The van der Waals surface area contributed by atoms with Crippen molar-refractivity contribution in [2.45, 2.75) is 51.7 Å². The lowest BCUT2D eigenvalue weighted by Crippen LogP contribution is -2.36. The summed E-state index contributed by atoms with van der Waals surface area (Å²) >= 11 is 0. The molecule has 2 aromatic rings. The largest absolute Gasteiger partial charge is 0.326 e. The smallest absolute Gasteiger partial charge is 0.155 e. The zero-order valence-corrected chi connectivity index (χ0v) is 12.3. The predicted molar refractivity (Wildman–Crippen MR) is 79.4 cm³/mol. The molecule has 1 fully saturated rings. The number of rotatable bonds is 4. The zero-order valence-electron chi connectivity index (χ0n) is 12.3. The van der Waals surface area contributed by atoms with Gasteiger partial charge in [0.1, 0.15) is 0 Å². The SMILES string of the molecule is CC(C)N1CCCC1Cc1nc2cc(CN)ccn2n1. The predicted octanol–water partition coefficient (Wildman–Crippen LogP) is 1.60. The molecule has 1 atom stereocenters. The fourth-order valence-corrected chi connectivity index (χ4v) is 3.15. The molecule has 108 valence electrons. The first kappa shape index (κ1) is 13.5. The van der Waals surface area contributed by atoms with Crippen LogP contribution in [0.15, 0.2) is 18.3 Å². The van der Waals surface area contributed by atoms with Crippen molar-refractivity contribution < 1.29 is 0 Å². The molecule has 2 N–H and O–H groups in total. The Bertz CT molecular complexity index is 589. The molecule has 0 radical (unpaired) electrons. The molecular formula is C15H23N5. The minimum absolute atomic E-state index is 0.544. The minimum Gasteiger partial charge on any atom is -0.326 e. The second kappa shape index (κ2) is 5.50. The highest BCUT2D eigenvalue weighted by atomic mass is 15.3. The molecule has 0 spiro atoms. The summed E-state index contributed by atoms with van der Waals surface area (Å²) in [5, 5.41) is 4.58. The molecule has 20 heavy (non-hydrogen) atoms. The summed E-state index contributed by atoms with van der Waals surface area (Å²) in [5.74, 6) is 0.941. The molecule has 3 heterocycles. The van der Waals surface area contributed by atoms with Crippen LogP contribution in [0.4, 0.5) is 0 Å². The molecular weight excluding hydrogens is 250 g/mol. The molecule has 0 amide bonds. The Labute approximate surface area is 119 Å². The van der Waals surface area contributed by atoms with E-state index in [1.807, 2.05) is 22.8 Å². The highest BCUT2D eigenvalue weighted by Crippen LogP contribution is 2.22. The Morgan fingerprint density at radius 1 is 1.45 bits per heavy atom. The van der Waals surface area contributed by atoms with Crippen LogP contribution in [0.1, 0.15) is 38.1 Å². The van der Waals surface area contributed by atoms with E-state index in [0.29, 0.717) is 18.6 Å². The van der Waals surface area contributed by atoms with Crippen molar-refractivity contribution in [1.29, 1.82) is 0 Å². The van der Waals surface area contributed by atoms with Gasteiger partial charge in [0, 0.05) is 31.2 Å². The minimum atomic E-state index is 0.544. The summed E-state index contributed by atoms with van der Waals surface area (Å²) in [6, 6.07) is 5.21. The Morgan fingerprint density at radius 2 is 2.30 bits per heavy atom. The highest BCUT2D eigenvalue weighted by Gasteiger charge is 2.27. The van der Waals surface area contributed by atoms with E-state index < -0.39 is 0 Å². The highest BCUT2D eigenvalue weighted by molar-refractivity contribution is 5.40. The molecule has 1 aliphatic heterocycles. The monoisotopic (exact) mass is 273 g/mol. The molecule has 5 heteroatoms. The topological polar surface area (TPSA) is 59.5 Å². The molecule has 5 nitrogen and oxygen atoms in total. The van der Waals surface area contributed by atoms with Gasteiger partial charge >= 0.3 is 0 Å². The van der Waals surface area contributed by atoms with Gasteiger partial charge in [0.05, 0.1) is 0 Å². The molecule has 0 aliphatic carbocycles. The van der Waals surface area contributed by atoms with Crippen molar-refractivity contribution in [3.63, 3.8) is 0 Å². The number of pyridine rings is 1. The van der Waals surface area contributed by atoms with Gasteiger partial charge in [0.25, 0.3) is 0 Å². The van der Waals surface area contributed by atoms with E-state index in [-0.39, 0.29) is 0 Å². The van der Waals surface area contributed by atoms with Crippen molar-refractivity contribution in [2.24, 2.45) is 5.73 Å². The first-order valence-electron chi connectivity index (χ1n) is 7.47. The average Bonchev–Trinajstić information content (AvgIpc) is 3.03. The molecule has 0 bridgehead atoms. The quantitative estimate of drug-likeness (QED) is 0.919. The molecule has 1 unspecified atom stereocenters. The standard InChI is InChI=1S/C15H23N5/c1-11(2)19-6-3-4-13(19)9-14-17-15-8-12(10-16)5-7-20(15)18-14/h5,7-8,11,13H,3-4,6,9-10,16H2,1-2H3. The second-order valence-corrected chi connectivity index (χ2v) is 5.90. The van der Waals surface area contributed by atoms with Crippen LogP contribution in [-0.4, -0.2) is 38.1 Å². The molecule has 0 saturated carbocycles. The Balaban J connectivity index is 1.80. The van der Waals surface area contributed by atoms with Crippen molar-refractivity contribution in [3.05, 3.63) is 29.7 Å². The number of nitrogens with two attached hydrogens (primary N) is 1. The lowest BCUT2D eigenvalue weighted by molar-refractivity contribution is 0.201. The van der Waals surface area contributed by atoms with Gasteiger partial charge in [-0.15, -0.1) is 0 Å². The number of nitrogens with zero attached hydrogens (tertiary/aromatic N) is 4. The van der Waals surface area contributed by atoms with Gasteiger partial charge in [-0.3, -0.25) is 4.90 Å². The number of fused-ring (bicyclic) bond motifs is 1. The second-order valence-electron chi connectivity index (χ2n) is 5.90. The van der Waals surface area contributed by atoms with E-state index in [4.69, 9.17) is 5.73 Å². The van der Waals surface area contributed by atoms with Gasteiger partial charge in [-0.25, -0.2) is 9.50 Å². The first-order valence-corrected chi connectivity index (χ1v) is 7.47. The summed E-state index contributed by atoms with van der Waals surface area (Å²) in [4.78, 5) is 7.21. The van der Waals surface area contributed by atoms with Gasteiger partial charge < -0.3 is 5.73 Å². The third-order valence-electron chi connectivity index (χ3n) is 4.19. The maximum atomic E-state index is 5.67. The van der Waals surface area contributed by atoms with Gasteiger partial charge in [-0.1, -0.05) is 0 Å². The Hall–Kier alpha value is -1.46. The summed E-state index contributed by atoms with van der Waals surface area (Å²) in [6.45, 7) is 6.28. The normalized spacial score (nSPS) is 20.3. The third kappa shape index (κ3) is 2.55. The molecule has 1 saturated heterocycles. The first-order chi connectivity index (χ1) is 9.67. The van der Waals surface area contributed by atoms with Crippen LogP contribution in [0.3, 0.4) is 0 Å². The van der Waals surface area contributed by atoms with Crippen LogP contribution in [0.25, 0.3) is 5.65 Å². The van der Waals surface area contributed by atoms with Crippen LogP contribution >= 0.6 is 0 Å². The van der Waals surface area contributed by atoms with E-state index in [2.05, 4.69) is 28.8 Å². The van der Waals surface area contributed by atoms with E-state index in [1.165, 1.54) is 19.4 Å². The van der Waals surface area contributed by atoms with Crippen LogP contribution in [0.2, 0.25) is 0 Å². The number of aromatic nitrogens is 3. The van der Waals surface area contributed by atoms with E-state index in [9.17, 15) is 0 Å². The molecule has 0 aromatic carbocycles. The number of likely N-dealkylation sites (tertiary alicyclic amines) is 1. The van der Waals surface area contributed by atoms with E-state index in [1.54, 1.807) is 0 Å². The lowest BCUT2D eigenvalue weighted by Gasteiger charge is -2.27. The zero-order chi connectivity index (χ0) is 14.1. The van der Waals surface area contributed by atoms with Crippen LogP contribution in [0.5, 0.6) is 0 Å². The Morgan fingerprint density at radius 3 is 3.05 bits per heavy atom.